The minimum atomic E-state index is 0.319. The second-order valence-corrected chi connectivity index (χ2v) is 4.06. The van der Waals surface area contributed by atoms with Gasteiger partial charge in [-0.1, -0.05) is 6.92 Å². The van der Waals surface area contributed by atoms with E-state index in [1.54, 1.807) is 6.92 Å². The molecular weight excluding hydrogens is 216 g/mol. The number of hydrogen-bond acceptors (Lipinski definition) is 4. The Kier molecular flexibility index (Phi) is 3.58. The molecule has 0 saturated carbocycles. The van der Waals surface area contributed by atoms with Crippen LogP contribution in [0.2, 0.25) is 0 Å². The molecule has 2 rings (SSSR count). The molecule has 0 aliphatic rings. The van der Waals surface area contributed by atoms with E-state index in [0.717, 1.165) is 6.54 Å². The molecule has 0 spiro atoms. The highest BCUT2D eigenvalue weighted by Crippen LogP contribution is 2.14. The molecule has 0 aliphatic carbocycles. The second-order valence-electron chi connectivity index (χ2n) is 4.06. The minimum Gasteiger partial charge on any atom is -0.424 e. The van der Waals surface area contributed by atoms with E-state index in [9.17, 15) is 0 Å². The second kappa shape index (κ2) is 5.14. The smallest absolute Gasteiger partial charge is 0.236 e. The average Bonchev–Trinajstić information content (AvgIpc) is 2.89. The number of hydrogen-bond donors (Lipinski definition) is 1. The molecule has 92 valence electrons. The molecule has 1 N–H and O–H groups in total. The van der Waals surface area contributed by atoms with Crippen molar-refractivity contribution in [1.29, 1.82) is 0 Å². The third-order valence-corrected chi connectivity index (χ3v) is 2.69. The fraction of sp³-hybridized carbons (Fsp3) is 0.500. The summed E-state index contributed by atoms with van der Waals surface area (Å²) in [5, 5.41) is 11.2. The summed E-state index contributed by atoms with van der Waals surface area (Å²) in [6, 6.07) is 4.46. The Morgan fingerprint density at radius 3 is 2.94 bits per heavy atom. The minimum absolute atomic E-state index is 0.319. The lowest BCUT2D eigenvalue weighted by atomic mass is 10.2. The number of nitrogens with zero attached hydrogens (tertiary/aromatic N) is 3. The zero-order valence-electron chi connectivity index (χ0n) is 10.5. The fourth-order valence-corrected chi connectivity index (χ4v) is 1.92. The molecule has 0 fully saturated rings. The largest absolute Gasteiger partial charge is 0.424 e. The average molecular weight is 234 g/mol. The van der Waals surface area contributed by atoms with Gasteiger partial charge in [-0.15, -0.1) is 10.2 Å². The van der Waals surface area contributed by atoms with E-state index in [1.807, 2.05) is 12.3 Å². The lowest BCUT2D eigenvalue weighted by Gasteiger charge is -2.15. The highest BCUT2D eigenvalue weighted by molar-refractivity contribution is 5.12. The van der Waals surface area contributed by atoms with E-state index in [4.69, 9.17) is 4.42 Å². The van der Waals surface area contributed by atoms with Crippen LogP contribution in [0.1, 0.15) is 37.4 Å². The van der Waals surface area contributed by atoms with Crippen molar-refractivity contribution in [2.75, 3.05) is 6.54 Å². The Morgan fingerprint density at radius 1 is 1.47 bits per heavy atom. The number of rotatable bonds is 5. The molecule has 2 heterocycles. The Bertz CT molecular complexity index is 474. The number of nitrogens with one attached hydrogen (secondary N) is 1. The topological polar surface area (TPSA) is 55.9 Å². The van der Waals surface area contributed by atoms with E-state index in [1.165, 1.54) is 5.69 Å². The normalized spacial score (nSPS) is 12.9. The van der Waals surface area contributed by atoms with Crippen LogP contribution in [0.15, 0.2) is 22.7 Å². The number of aromatic nitrogens is 3. The van der Waals surface area contributed by atoms with Crippen LogP contribution in [-0.4, -0.2) is 21.3 Å². The molecule has 2 aromatic heterocycles. The zero-order chi connectivity index (χ0) is 12.3. The van der Waals surface area contributed by atoms with Crippen molar-refractivity contribution in [2.24, 2.45) is 0 Å². The van der Waals surface area contributed by atoms with E-state index < -0.39 is 0 Å². The van der Waals surface area contributed by atoms with Gasteiger partial charge in [-0.3, -0.25) is 0 Å². The molecule has 1 atom stereocenters. The third-order valence-electron chi connectivity index (χ3n) is 2.69. The predicted molar refractivity (Wildman–Crippen MR) is 64.7 cm³/mol. The third kappa shape index (κ3) is 2.74. The Morgan fingerprint density at radius 2 is 2.29 bits per heavy atom. The summed E-state index contributed by atoms with van der Waals surface area (Å²) < 4.78 is 7.51. The first-order chi connectivity index (χ1) is 8.20. The molecule has 1 unspecified atom stereocenters. The molecule has 0 aliphatic heterocycles. The molecule has 0 radical (unpaired) electrons. The molecule has 0 saturated heterocycles. The van der Waals surface area contributed by atoms with Gasteiger partial charge in [0.1, 0.15) is 6.54 Å². The van der Waals surface area contributed by atoms with Crippen LogP contribution in [0, 0.1) is 6.92 Å². The summed E-state index contributed by atoms with van der Waals surface area (Å²) in [4.78, 5) is 0. The summed E-state index contributed by atoms with van der Waals surface area (Å²) in [7, 11) is 0. The van der Waals surface area contributed by atoms with E-state index >= 15 is 0 Å². The first-order valence-corrected chi connectivity index (χ1v) is 5.88. The molecule has 0 amide bonds. The molecule has 0 aromatic carbocycles. The lowest BCUT2D eigenvalue weighted by Crippen LogP contribution is -2.20. The van der Waals surface area contributed by atoms with Crippen molar-refractivity contribution in [2.45, 2.75) is 33.4 Å². The van der Waals surface area contributed by atoms with Crippen LogP contribution in [0.5, 0.6) is 0 Å². The van der Waals surface area contributed by atoms with Crippen molar-refractivity contribution < 1.29 is 4.42 Å². The SMILES string of the molecule is CCNC(C)c1cccn1Cc1nnc(C)o1. The van der Waals surface area contributed by atoms with E-state index in [0.29, 0.717) is 24.4 Å². The van der Waals surface area contributed by atoms with Crippen molar-refractivity contribution in [3.8, 4) is 0 Å². The van der Waals surface area contributed by atoms with Crippen molar-refractivity contribution in [3.05, 3.63) is 35.8 Å². The van der Waals surface area contributed by atoms with E-state index in [2.05, 4.69) is 40.0 Å². The zero-order valence-corrected chi connectivity index (χ0v) is 10.5. The van der Waals surface area contributed by atoms with Gasteiger partial charge in [-0.05, 0) is 25.6 Å². The maximum Gasteiger partial charge on any atom is 0.236 e. The predicted octanol–water partition coefficient (Wildman–Crippen LogP) is 1.90. The number of aryl methyl sites for hydroxylation is 1. The Labute approximate surface area is 101 Å². The van der Waals surface area contributed by atoms with Gasteiger partial charge in [-0.25, -0.2) is 0 Å². The molecule has 5 nitrogen and oxygen atoms in total. The molecule has 5 heteroatoms. The fourth-order valence-electron chi connectivity index (χ4n) is 1.92. The Balaban J connectivity index is 2.13. The van der Waals surface area contributed by atoms with Crippen molar-refractivity contribution >= 4 is 0 Å². The summed E-state index contributed by atoms with van der Waals surface area (Å²) in [5.41, 5.74) is 1.22. The molecule has 2 aromatic rings. The van der Waals surface area contributed by atoms with Crippen LogP contribution in [-0.2, 0) is 6.54 Å². The maximum atomic E-state index is 5.39. The van der Waals surface area contributed by atoms with Gasteiger partial charge in [0.25, 0.3) is 0 Å². The van der Waals surface area contributed by atoms with Gasteiger partial charge in [0.15, 0.2) is 0 Å². The quantitative estimate of drug-likeness (QED) is 0.858. The van der Waals surface area contributed by atoms with Crippen LogP contribution in [0.4, 0.5) is 0 Å². The van der Waals surface area contributed by atoms with Crippen molar-refractivity contribution in [1.82, 2.24) is 20.1 Å². The van der Waals surface area contributed by atoms with Gasteiger partial charge >= 0.3 is 0 Å². The van der Waals surface area contributed by atoms with Gasteiger partial charge in [0.05, 0.1) is 0 Å². The van der Waals surface area contributed by atoms with Crippen LogP contribution in [0.3, 0.4) is 0 Å². The summed E-state index contributed by atoms with van der Waals surface area (Å²) in [6.45, 7) is 7.62. The molecular formula is C12H18N4O. The Hall–Kier alpha value is -1.62. The van der Waals surface area contributed by atoms with Gasteiger partial charge < -0.3 is 14.3 Å². The lowest BCUT2D eigenvalue weighted by molar-refractivity contribution is 0.445. The standard InChI is InChI=1S/C12H18N4O/c1-4-13-9(2)11-6-5-7-16(11)8-12-15-14-10(3)17-12/h5-7,9,13H,4,8H2,1-3H3. The summed E-state index contributed by atoms with van der Waals surface area (Å²) in [6.07, 6.45) is 2.03. The van der Waals surface area contributed by atoms with Gasteiger partial charge in [0.2, 0.25) is 11.8 Å². The first-order valence-electron chi connectivity index (χ1n) is 5.88. The van der Waals surface area contributed by atoms with Crippen LogP contribution < -0.4 is 5.32 Å². The maximum absolute atomic E-state index is 5.39. The summed E-state index contributed by atoms with van der Waals surface area (Å²) >= 11 is 0. The van der Waals surface area contributed by atoms with Gasteiger partial charge in [-0.2, -0.15) is 0 Å². The highest BCUT2D eigenvalue weighted by Gasteiger charge is 2.11. The summed E-state index contributed by atoms with van der Waals surface area (Å²) in [5.74, 6) is 1.25. The van der Waals surface area contributed by atoms with Crippen LogP contribution in [0.25, 0.3) is 0 Å². The monoisotopic (exact) mass is 234 g/mol. The molecule has 0 bridgehead atoms. The highest BCUT2D eigenvalue weighted by atomic mass is 16.4. The van der Waals surface area contributed by atoms with Crippen LogP contribution >= 0.6 is 0 Å². The first kappa shape index (κ1) is 11.9. The molecule has 17 heavy (non-hydrogen) atoms. The van der Waals surface area contributed by atoms with E-state index in [-0.39, 0.29) is 0 Å². The van der Waals surface area contributed by atoms with Gasteiger partial charge in [0, 0.05) is 24.9 Å². The van der Waals surface area contributed by atoms with Crippen molar-refractivity contribution in [3.63, 3.8) is 0 Å².